The molecule has 2 aromatic rings. The fraction of sp³-hybridized carbons (Fsp3) is 0.294. The second kappa shape index (κ2) is 7.57. The molecule has 0 amide bonds. The second-order valence-electron chi connectivity index (χ2n) is 5.20. The van der Waals surface area contributed by atoms with Crippen LogP contribution < -0.4 is 5.32 Å². The average Bonchev–Trinajstić information content (AvgIpc) is 2.47. The highest BCUT2D eigenvalue weighted by Gasteiger charge is 2.05. The van der Waals surface area contributed by atoms with Crippen LogP contribution in [0.3, 0.4) is 0 Å². The highest BCUT2D eigenvalue weighted by Crippen LogP contribution is 2.24. The SMILES string of the molecule is CC(C)NCc1ccc(SCc2cc(F)ccc2F)cc1. The van der Waals surface area contributed by atoms with E-state index in [4.69, 9.17) is 0 Å². The van der Waals surface area contributed by atoms with Gasteiger partial charge in [-0.3, -0.25) is 0 Å². The summed E-state index contributed by atoms with van der Waals surface area (Å²) in [5.74, 6) is -0.337. The number of nitrogens with one attached hydrogen (secondary N) is 1. The van der Waals surface area contributed by atoms with E-state index < -0.39 is 5.82 Å². The molecule has 0 unspecified atom stereocenters. The lowest BCUT2D eigenvalue weighted by Crippen LogP contribution is -2.21. The van der Waals surface area contributed by atoms with Crippen molar-refractivity contribution in [2.75, 3.05) is 0 Å². The molecule has 0 bridgehead atoms. The molecule has 0 atom stereocenters. The molecule has 1 N–H and O–H groups in total. The molecule has 0 aliphatic rings. The van der Waals surface area contributed by atoms with E-state index in [1.54, 1.807) is 0 Å². The number of hydrogen-bond acceptors (Lipinski definition) is 2. The standard InChI is InChI=1S/C17H19F2NS/c1-12(2)20-10-13-3-6-16(7-4-13)21-11-14-9-15(18)5-8-17(14)19/h3-9,12,20H,10-11H2,1-2H3. The average molecular weight is 307 g/mol. The first-order valence-corrected chi connectivity index (χ1v) is 7.92. The van der Waals surface area contributed by atoms with Crippen molar-refractivity contribution in [3.8, 4) is 0 Å². The van der Waals surface area contributed by atoms with Gasteiger partial charge in [0.15, 0.2) is 0 Å². The van der Waals surface area contributed by atoms with Gasteiger partial charge in [0.25, 0.3) is 0 Å². The van der Waals surface area contributed by atoms with Crippen LogP contribution in [-0.2, 0) is 12.3 Å². The van der Waals surface area contributed by atoms with Crippen molar-refractivity contribution in [1.82, 2.24) is 5.32 Å². The fourth-order valence-electron chi connectivity index (χ4n) is 1.84. The summed E-state index contributed by atoms with van der Waals surface area (Å²) in [6.45, 7) is 5.05. The summed E-state index contributed by atoms with van der Waals surface area (Å²) in [7, 11) is 0. The van der Waals surface area contributed by atoms with Crippen molar-refractivity contribution in [2.45, 2.75) is 37.1 Å². The summed E-state index contributed by atoms with van der Waals surface area (Å²) >= 11 is 1.50. The minimum Gasteiger partial charge on any atom is -0.310 e. The summed E-state index contributed by atoms with van der Waals surface area (Å²) in [6.07, 6.45) is 0. The van der Waals surface area contributed by atoms with Gasteiger partial charge >= 0.3 is 0 Å². The van der Waals surface area contributed by atoms with Gasteiger partial charge in [0, 0.05) is 28.8 Å². The molecule has 0 aliphatic carbocycles. The van der Waals surface area contributed by atoms with E-state index in [-0.39, 0.29) is 5.82 Å². The lowest BCUT2D eigenvalue weighted by atomic mass is 10.2. The Kier molecular flexibility index (Phi) is 5.76. The van der Waals surface area contributed by atoms with Crippen LogP contribution in [0, 0.1) is 11.6 Å². The first-order chi connectivity index (χ1) is 10.0. The summed E-state index contributed by atoms with van der Waals surface area (Å²) in [6, 6.07) is 12.2. The number of hydrogen-bond donors (Lipinski definition) is 1. The van der Waals surface area contributed by atoms with E-state index in [1.807, 2.05) is 12.1 Å². The van der Waals surface area contributed by atoms with Crippen molar-refractivity contribution in [1.29, 1.82) is 0 Å². The maximum absolute atomic E-state index is 13.5. The molecule has 21 heavy (non-hydrogen) atoms. The third kappa shape index (κ3) is 5.14. The second-order valence-corrected chi connectivity index (χ2v) is 6.25. The smallest absolute Gasteiger partial charge is 0.127 e. The molecule has 2 rings (SSSR count). The van der Waals surface area contributed by atoms with Crippen LogP contribution >= 0.6 is 11.8 Å². The van der Waals surface area contributed by atoms with Crippen LogP contribution in [0.25, 0.3) is 0 Å². The molecule has 1 nitrogen and oxygen atoms in total. The summed E-state index contributed by atoms with van der Waals surface area (Å²) < 4.78 is 26.6. The van der Waals surface area contributed by atoms with E-state index in [0.717, 1.165) is 17.5 Å². The van der Waals surface area contributed by atoms with Crippen molar-refractivity contribution in [3.63, 3.8) is 0 Å². The van der Waals surface area contributed by atoms with E-state index in [2.05, 4.69) is 31.3 Å². The first-order valence-electron chi connectivity index (χ1n) is 6.93. The Morgan fingerprint density at radius 3 is 2.43 bits per heavy atom. The predicted molar refractivity (Wildman–Crippen MR) is 84.3 cm³/mol. The normalized spacial score (nSPS) is 11.1. The van der Waals surface area contributed by atoms with Crippen LogP contribution in [0.1, 0.15) is 25.0 Å². The van der Waals surface area contributed by atoms with Gasteiger partial charge < -0.3 is 5.32 Å². The Hall–Kier alpha value is -1.39. The molecular formula is C17H19F2NS. The third-order valence-electron chi connectivity index (χ3n) is 3.04. The first kappa shape index (κ1) is 16.0. The van der Waals surface area contributed by atoms with Gasteiger partial charge in [-0.05, 0) is 35.9 Å². The molecular weight excluding hydrogens is 288 g/mol. The van der Waals surface area contributed by atoms with Crippen molar-refractivity contribution in [3.05, 3.63) is 65.2 Å². The molecule has 4 heteroatoms. The van der Waals surface area contributed by atoms with Gasteiger partial charge in [0.2, 0.25) is 0 Å². The van der Waals surface area contributed by atoms with E-state index in [9.17, 15) is 8.78 Å². The zero-order valence-corrected chi connectivity index (χ0v) is 13.0. The van der Waals surface area contributed by atoms with Crippen LogP contribution in [0.5, 0.6) is 0 Å². The molecule has 0 spiro atoms. The lowest BCUT2D eigenvalue weighted by molar-refractivity contribution is 0.588. The zero-order chi connectivity index (χ0) is 15.2. The zero-order valence-electron chi connectivity index (χ0n) is 12.2. The minimum atomic E-state index is -0.401. The lowest BCUT2D eigenvalue weighted by Gasteiger charge is -2.09. The number of thioether (sulfide) groups is 1. The molecule has 0 aliphatic heterocycles. The fourth-order valence-corrected chi connectivity index (χ4v) is 2.71. The van der Waals surface area contributed by atoms with E-state index >= 15 is 0 Å². The van der Waals surface area contributed by atoms with Gasteiger partial charge in [0.05, 0.1) is 0 Å². The van der Waals surface area contributed by atoms with Crippen LogP contribution in [0.15, 0.2) is 47.4 Å². The molecule has 0 aromatic heterocycles. The Bertz CT molecular complexity index is 582. The highest BCUT2D eigenvalue weighted by molar-refractivity contribution is 7.98. The maximum Gasteiger partial charge on any atom is 0.127 e. The molecule has 0 radical (unpaired) electrons. The molecule has 2 aromatic carbocycles. The van der Waals surface area contributed by atoms with Crippen molar-refractivity contribution in [2.24, 2.45) is 0 Å². The molecule has 0 fully saturated rings. The van der Waals surface area contributed by atoms with Crippen LogP contribution in [0.2, 0.25) is 0 Å². The Morgan fingerprint density at radius 2 is 1.76 bits per heavy atom. The van der Waals surface area contributed by atoms with Crippen molar-refractivity contribution < 1.29 is 8.78 Å². The summed E-state index contributed by atoms with van der Waals surface area (Å²) in [5.41, 5.74) is 1.61. The van der Waals surface area contributed by atoms with Crippen LogP contribution in [-0.4, -0.2) is 6.04 Å². The topological polar surface area (TPSA) is 12.0 Å². The number of halogens is 2. The summed E-state index contributed by atoms with van der Waals surface area (Å²) in [4.78, 5) is 1.05. The van der Waals surface area contributed by atoms with Gasteiger partial charge in [-0.1, -0.05) is 26.0 Å². The van der Waals surface area contributed by atoms with Crippen LogP contribution in [0.4, 0.5) is 8.78 Å². The minimum absolute atomic E-state index is 0.360. The highest BCUT2D eigenvalue weighted by atomic mass is 32.2. The van der Waals surface area contributed by atoms with Gasteiger partial charge in [0.1, 0.15) is 11.6 Å². The monoisotopic (exact) mass is 307 g/mol. The van der Waals surface area contributed by atoms with Crippen molar-refractivity contribution >= 4 is 11.8 Å². The maximum atomic E-state index is 13.5. The number of benzene rings is 2. The third-order valence-corrected chi connectivity index (χ3v) is 4.10. The Balaban J connectivity index is 1.93. The molecule has 112 valence electrons. The van der Waals surface area contributed by atoms with Gasteiger partial charge in [-0.25, -0.2) is 8.78 Å². The summed E-state index contributed by atoms with van der Waals surface area (Å²) in [5, 5.41) is 3.35. The van der Waals surface area contributed by atoms with E-state index in [1.165, 1.54) is 29.5 Å². The van der Waals surface area contributed by atoms with Gasteiger partial charge in [-0.2, -0.15) is 0 Å². The molecule has 0 saturated heterocycles. The number of rotatable bonds is 6. The Morgan fingerprint density at radius 1 is 1.05 bits per heavy atom. The Labute approximate surface area is 128 Å². The molecule has 0 saturated carbocycles. The van der Waals surface area contributed by atoms with Gasteiger partial charge in [-0.15, -0.1) is 11.8 Å². The molecule has 0 heterocycles. The quantitative estimate of drug-likeness (QED) is 0.773. The van der Waals surface area contributed by atoms with E-state index in [0.29, 0.717) is 17.4 Å². The largest absolute Gasteiger partial charge is 0.310 e. The predicted octanol–water partition coefficient (Wildman–Crippen LogP) is 4.76.